The number of para-hydroxylation sites is 2. The molecule has 0 unspecified atom stereocenters. The number of alkyl halides is 15. The van der Waals surface area contributed by atoms with Crippen molar-refractivity contribution in [1.82, 2.24) is 9.13 Å². The third-order valence-electron chi connectivity index (χ3n) is 12.7. The van der Waals surface area contributed by atoms with Crippen LogP contribution >= 0.6 is 0 Å². The lowest BCUT2D eigenvalue weighted by molar-refractivity contribution is -0.144. The van der Waals surface area contributed by atoms with Crippen molar-refractivity contribution in [3.05, 3.63) is 191 Å². The Balaban J connectivity index is 1.34. The molecule has 10 rings (SSSR count). The Hall–Kier alpha value is -8.71. The minimum Gasteiger partial charge on any atom is -0.308 e. The maximum absolute atomic E-state index is 14.7. The lowest BCUT2D eigenvalue weighted by Gasteiger charge is -2.21. The fraction of sp³-hybridized carbons (Fsp3) is 0.0909. The normalized spacial score (nSPS) is 12.8. The van der Waals surface area contributed by atoms with Crippen molar-refractivity contribution < 1.29 is 65.9 Å². The highest BCUT2D eigenvalue weighted by molar-refractivity contribution is 6.13. The quantitative estimate of drug-likeness (QED) is 0.161. The summed E-state index contributed by atoms with van der Waals surface area (Å²) in [5, 5.41) is 23.0. The van der Waals surface area contributed by atoms with Crippen molar-refractivity contribution in [3.63, 3.8) is 0 Å². The smallest absolute Gasteiger partial charge is 0.308 e. The Morgan fingerprint density at radius 1 is 0.338 bits per heavy atom. The first kappa shape index (κ1) is 48.9. The van der Waals surface area contributed by atoms with Gasteiger partial charge in [-0.05, 0) is 101 Å². The standard InChI is InChI=1S/C55H25F15N4/c56-51(57,58)32-11-15-35(43(24-32)54(65,66)67)29-9-13-40-38-5-1-3-7-45(38)73(48(40)22-29)47-18-17-37(31-19-28(26-71)20-34(21-31)53(62,63)64)50(42(47)27-72)74-46-8-4-2-6-39(46)41-14-10-30(23-49(41)74)36-16-12-33(52(59,60)61)25-44(36)55(68,69)70/h1-25H. The zero-order chi connectivity index (χ0) is 53.0. The van der Waals surface area contributed by atoms with Gasteiger partial charge in [0.05, 0.1) is 72.9 Å². The van der Waals surface area contributed by atoms with E-state index in [1.807, 2.05) is 0 Å². The molecule has 19 heteroatoms. The van der Waals surface area contributed by atoms with Gasteiger partial charge >= 0.3 is 30.9 Å². The van der Waals surface area contributed by atoms with Gasteiger partial charge in [-0.2, -0.15) is 76.4 Å². The van der Waals surface area contributed by atoms with Gasteiger partial charge in [-0.1, -0.05) is 78.9 Å². The van der Waals surface area contributed by atoms with Crippen LogP contribution < -0.4 is 0 Å². The van der Waals surface area contributed by atoms with Gasteiger partial charge in [0, 0.05) is 27.1 Å². The Morgan fingerprint density at radius 2 is 0.784 bits per heavy atom. The zero-order valence-corrected chi connectivity index (χ0v) is 36.9. The van der Waals surface area contributed by atoms with E-state index in [1.165, 1.54) is 63.7 Å². The summed E-state index contributed by atoms with van der Waals surface area (Å²) in [6.07, 6.45) is -25.9. The largest absolute Gasteiger partial charge is 0.417 e. The number of nitrogens with zero attached hydrogens (tertiary/aromatic N) is 4. The lowest BCUT2D eigenvalue weighted by Crippen LogP contribution is -2.12. The van der Waals surface area contributed by atoms with Crippen LogP contribution in [-0.2, 0) is 30.9 Å². The van der Waals surface area contributed by atoms with Crippen LogP contribution in [0.4, 0.5) is 65.9 Å². The highest BCUT2D eigenvalue weighted by Crippen LogP contribution is 2.48. The Labute approximate surface area is 406 Å². The molecule has 0 aliphatic heterocycles. The average molecular weight is 1030 g/mol. The first-order valence-corrected chi connectivity index (χ1v) is 21.6. The van der Waals surface area contributed by atoms with E-state index < -0.39 is 75.4 Å². The Kier molecular flexibility index (Phi) is 11.2. The predicted molar refractivity (Wildman–Crippen MR) is 246 cm³/mol. The van der Waals surface area contributed by atoms with Gasteiger partial charge in [0.1, 0.15) is 11.6 Å². The Morgan fingerprint density at radius 3 is 1.24 bits per heavy atom. The second-order valence-corrected chi connectivity index (χ2v) is 17.1. The molecule has 0 aliphatic carbocycles. The van der Waals surface area contributed by atoms with Crippen molar-refractivity contribution in [1.29, 1.82) is 10.5 Å². The molecule has 0 aliphatic rings. The van der Waals surface area contributed by atoms with E-state index in [-0.39, 0.29) is 67.9 Å². The molecule has 0 bridgehead atoms. The van der Waals surface area contributed by atoms with Crippen LogP contribution in [0.15, 0.2) is 152 Å². The fourth-order valence-corrected chi connectivity index (χ4v) is 9.54. The van der Waals surface area contributed by atoms with Crippen LogP contribution in [0.1, 0.15) is 38.9 Å². The molecule has 2 heterocycles. The van der Waals surface area contributed by atoms with Gasteiger partial charge in [0.15, 0.2) is 0 Å². The Bertz CT molecular complexity index is 4040. The van der Waals surface area contributed by atoms with Crippen molar-refractivity contribution in [2.45, 2.75) is 30.9 Å². The molecule has 0 saturated heterocycles. The molecule has 0 spiro atoms. The number of fused-ring (bicyclic) bond motifs is 6. The molecular formula is C55H25F15N4. The summed E-state index contributed by atoms with van der Waals surface area (Å²) in [4.78, 5) is 0. The molecule has 8 aromatic carbocycles. The maximum Gasteiger partial charge on any atom is 0.417 e. The van der Waals surface area contributed by atoms with Crippen molar-refractivity contribution in [3.8, 4) is 56.9 Å². The van der Waals surface area contributed by atoms with E-state index in [4.69, 9.17) is 0 Å². The highest BCUT2D eigenvalue weighted by atomic mass is 19.4. The molecule has 0 radical (unpaired) electrons. The predicted octanol–water partition coefficient (Wildman–Crippen LogP) is 17.7. The van der Waals surface area contributed by atoms with E-state index in [1.54, 1.807) is 48.5 Å². The van der Waals surface area contributed by atoms with E-state index in [0.29, 0.717) is 63.5 Å². The number of aromatic nitrogens is 2. The number of hydrogen-bond acceptors (Lipinski definition) is 2. The van der Waals surface area contributed by atoms with Gasteiger partial charge < -0.3 is 9.13 Å². The number of hydrogen-bond donors (Lipinski definition) is 0. The summed E-state index contributed by atoms with van der Waals surface area (Å²) in [6, 6.07) is 31.7. The summed E-state index contributed by atoms with van der Waals surface area (Å²) in [7, 11) is 0. The molecule has 0 fully saturated rings. The van der Waals surface area contributed by atoms with E-state index in [0.717, 1.165) is 6.07 Å². The molecular weight excluding hydrogens is 1000 g/mol. The van der Waals surface area contributed by atoms with Crippen LogP contribution in [0, 0.1) is 22.7 Å². The molecule has 10 aromatic rings. The lowest BCUT2D eigenvalue weighted by atomic mass is 9.94. The zero-order valence-electron chi connectivity index (χ0n) is 36.9. The highest BCUT2D eigenvalue weighted by Gasteiger charge is 2.40. The first-order valence-electron chi connectivity index (χ1n) is 21.6. The average Bonchev–Trinajstić information content (AvgIpc) is 3.85. The van der Waals surface area contributed by atoms with Crippen molar-refractivity contribution >= 4 is 43.6 Å². The van der Waals surface area contributed by atoms with Crippen LogP contribution in [0.3, 0.4) is 0 Å². The van der Waals surface area contributed by atoms with Gasteiger partial charge in [-0.25, -0.2) is 0 Å². The molecule has 74 heavy (non-hydrogen) atoms. The van der Waals surface area contributed by atoms with Crippen LogP contribution in [-0.4, -0.2) is 9.13 Å². The van der Waals surface area contributed by atoms with Gasteiger partial charge in [-0.3, -0.25) is 0 Å². The van der Waals surface area contributed by atoms with E-state index in [9.17, 15) is 76.4 Å². The summed E-state index contributed by atoms with van der Waals surface area (Å²) < 4.78 is 217. The van der Waals surface area contributed by atoms with Gasteiger partial charge in [-0.15, -0.1) is 0 Å². The number of nitriles is 2. The minimum atomic E-state index is -5.32. The third kappa shape index (κ3) is 8.27. The summed E-state index contributed by atoms with van der Waals surface area (Å²) in [5.74, 6) is 0. The van der Waals surface area contributed by atoms with Gasteiger partial charge in [0.2, 0.25) is 0 Å². The number of benzene rings is 8. The van der Waals surface area contributed by atoms with Gasteiger partial charge in [0.25, 0.3) is 0 Å². The SMILES string of the molecule is N#Cc1cc(-c2ccc(-n3c4ccccc4c4ccc(-c5ccc(C(F)(F)F)cc5C(F)(F)F)cc43)c(C#N)c2-n2c3ccccc3c3ccc(-c4ccc(C(F)(F)F)cc4C(F)(F)F)cc32)cc(C(F)(F)F)c1. The summed E-state index contributed by atoms with van der Waals surface area (Å²) in [5.41, 5.74) is -10.3. The third-order valence-corrected chi connectivity index (χ3v) is 12.7. The molecule has 0 saturated carbocycles. The summed E-state index contributed by atoms with van der Waals surface area (Å²) in [6.45, 7) is 0. The number of halogens is 15. The van der Waals surface area contributed by atoms with Crippen molar-refractivity contribution in [2.24, 2.45) is 0 Å². The topological polar surface area (TPSA) is 57.4 Å². The molecule has 370 valence electrons. The monoisotopic (exact) mass is 1030 g/mol. The van der Waals surface area contributed by atoms with Crippen LogP contribution in [0.2, 0.25) is 0 Å². The number of rotatable bonds is 5. The minimum absolute atomic E-state index is 0.00518. The maximum atomic E-state index is 14.7. The molecule has 0 N–H and O–H groups in total. The second kappa shape index (κ2) is 16.9. The molecule has 0 amide bonds. The summed E-state index contributed by atoms with van der Waals surface area (Å²) >= 11 is 0. The second-order valence-electron chi connectivity index (χ2n) is 17.1. The first-order chi connectivity index (χ1) is 34.8. The van der Waals surface area contributed by atoms with E-state index >= 15 is 0 Å². The van der Waals surface area contributed by atoms with E-state index in [2.05, 4.69) is 6.07 Å². The fourth-order valence-electron chi connectivity index (χ4n) is 9.54. The van der Waals surface area contributed by atoms with Crippen molar-refractivity contribution in [2.75, 3.05) is 0 Å². The van der Waals surface area contributed by atoms with Crippen LogP contribution in [0.25, 0.3) is 88.4 Å². The molecule has 0 atom stereocenters. The molecule has 2 aromatic heterocycles. The van der Waals surface area contributed by atoms with Crippen LogP contribution in [0.5, 0.6) is 0 Å². The molecule has 4 nitrogen and oxygen atoms in total.